The summed E-state index contributed by atoms with van der Waals surface area (Å²) in [4.78, 5) is 0. The van der Waals surface area contributed by atoms with Gasteiger partial charge in [-0.25, -0.2) is 0 Å². The molecule has 1 heterocycles. The van der Waals surface area contributed by atoms with Crippen LogP contribution < -0.4 is 0 Å². The van der Waals surface area contributed by atoms with Crippen molar-refractivity contribution in [2.75, 3.05) is 0 Å². The summed E-state index contributed by atoms with van der Waals surface area (Å²) in [5, 5.41) is 4.10. The second-order valence-corrected chi connectivity index (χ2v) is 11.2. The van der Waals surface area contributed by atoms with Crippen molar-refractivity contribution >= 4 is 43.5 Å². The Bertz CT molecular complexity index is 2800. The van der Waals surface area contributed by atoms with Gasteiger partial charge in [-0.2, -0.15) is 0 Å². The molecule has 0 unspecified atom stereocenters. The van der Waals surface area contributed by atoms with Gasteiger partial charge in [0.05, 0.1) is 8.22 Å². The number of rotatable bonds is 4. The number of hydrogen-bond acceptors (Lipinski definition) is 1. The third-order valence-corrected chi connectivity index (χ3v) is 8.58. The van der Waals surface area contributed by atoms with Crippen LogP contribution in [-0.2, 0) is 0 Å². The monoisotopic (exact) mass is 578 g/mol. The van der Waals surface area contributed by atoms with E-state index in [0.717, 1.165) is 54.9 Å². The molecular formula is C44H28O. The van der Waals surface area contributed by atoms with Crippen LogP contribution in [0.25, 0.3) is 88.0 Å². The smallest absolute Gasteiger partial charge is 0.136 e. The van der Waals surface area contributed by atoms with E-state index in [0.29, 0.717) is 11.1 Å². The van der Waals surface area contributed by atoms with E-state index in [1.54, 1.807) is 0 Å². The van der Waals surface area contributed by atoms with Crippen LogP contribution in [0.2, 0.25) is 0 Å². The van der Waals surface area contributed by atoms with E-state index in [-0.39, 0.29) is 46.1 Å². The molecule has 0 fully saturated rings. The molecule has 1 aromatic heterocycles. The Labute approximate surface area is 270 Å². The first-order valence-corrected chi connectivity index (χ1v) is 15.0. The van der Waals surface area contributed by atoms with E-state index < -0.39 is 12.1 Å². The summed E-state index contributed by atoms with van der Waals surface area (Å²) in [5.74, 6) is 0. The topological polar surface area (TPSA) is 13.1 Å². The molecule has 0 atom stereocenters. The molecule has 0 spiro atoms. The Kier molecular flexibility index (Phi) is 4.63. The number of para-hydroxylation sites is 1. The summed E-state index contributed by atoms with van der Waals surface area (Å²) in [7, 11) is 0. The summed E-state index contributed by atoms with van der Waals surface area (Å²) in [6.45, 7) is 0. The minimum absolute atomic E-state index is 0.0158. The lowest BCUT2D eigenvalue weighted by atomic mass is 9.83. The SMILES string of the molecule is [2H]c1c([2H])c([2H])c2c(oc3c([2H])c(-c4c5ccccc5c(-c5cccc(-c6ccccc6)c5)c5ccccc45)c(-c4ccccc4)c([2H])c32)c1[2H]. The molecule has 9 aromatic rings. The normalized spacial score (nSPS) is 13.4. The minimum Gasteiger partial charge on any atom is -0.456 e. The quantitative estimate of drug-likeness (QED) is 0.189. The molecule has 210 valence electrons. The lowest BCUT2D eigenvalue weighted by molar-refractivity contribution is 0.669. The standard InChI is InChI=1S/C44H28O/c1-3-14-29(15-4-1)31-18-13-19-32(26-31)43-34-21-7-9-23-36(34)44(37-24-10-8-22-35(37)43)40-28-42-39(33-20-11-12-25-41(33)45-42)27-38(40)30-16-5-2-6-17-30/h1-28H/i11D,12D,20D,25D,27D,28D. The maximum atomic E-state index is 9.84. The lowest BCUT2D eigenvalue weighted by Crippen LogP contribution is -1.93. The summed E-state index contributed by atoms with van der Waals surface area (Å²) in [6.07, 6.45) is 0. The first-order valence-electron chi connectivity index (χ1n) is 18.0. The highest BCUT2D eigenvalue weighted by Gasteiger charge is 2.21. The van der Waals surface area contributed by atoms with Gasteiger partial charge in [0.1, 0.15) is 11.2 Å². The second-order valence-electron chi connectivity index (χ2n) is 11.2. The third kappa shape index (κ3) is 4.17. The van der Waals surface area contributed by atoms with Crippen LogP contribution in [0.5, 0.6) is 0 Å². The molecular weight excluding hydrogens is 544 g/mol. The van der Waals surface area contributed by atoms with Crippen molar-refractivity contribution in [3.05, 3.63) is 170 Å². The predicted molar refractivity (Wildman–Crippen MR) is 190 cm³/mol. The van der Waals surface area contributed by atoms with Crippen LogP contribution in [0.15, 0.2) is 174 Å². The van der Waals surface area contributed by atoms with Gasteiger partial charge in [-0.3, -0.25) is 0 Å². The van der Waals surface area contributed by atoms with Crippen molar-refractivity contribution in [2.24, 2.45) is 0 Å². The van der Waals surface area contributed by atoms with Gasteiger partial charge in [0.15, 0.2) is 0 Å². The van der Waals surface area contributed by atoms with Gasteiger partial charge in [-0.15, -0.1) is 0 Å². The van der Waals surface area contributed by atoms with Crippen LogP contribution >= 0.6 is 0 Å². The minimum atomic E-state index is -0.419. The maximum Gasteiger partial charge on any atom is 0.136 e. The summed E-state index contributed by atoms with van der Waals surface area (Å²) >= 11 is 0. The predicted octanol–water partition coefficient (Wildman–Crippen LogP) is 12.6. The molecule has 0 bridgehead atoms. The van der Waals surface area contributed by atoms with E-state index in [2.05, 4.69) is 60.7 Å². The van der Waals surface area contributed by atoms with E-state index >= 15 is 0 Å². The zero-order valence-corrected chi connectivity index (χ0v) is 24.1. The van der Waals surface area contributed by atoms with Crippen molar-refractivity contribution in [3.63, 3.8) is 0 Å². The van der Waals surface area contributed by atoms with Gasteiger partial charge in [0.25, 0.3) is 0 Å². The fourth-order valence-corrected chi connectivity index (χ4v) is 6.59. The number of benzene rings is 8. The van der Waals surface area contributed by atoms with Crippen molar-refractivity contribution in [1.29, 1.82) is 0 Å². The average molecular weight is 579 g/mol. The van der Waals surface area contributed by atoms with Crippen molar-refractivity contribution in [2.45, 2.75) is 0 Å². The van der Waals surface area contributed by atoms with Crippen molar-refractivity contribution in [1.82, 2.24) is 0 Å². The summed E-state index contributed by atoms with van der Waals surface area (Å²) in [6, 6.07) is 43.3. The van der Waals surface area contributed by atoms with E-state index in [4.69, 9.17) is 9.90 Å². The zero-order chi connectivity index (χ0) is 35.0. The largest absolute Gasteiger partial charge is 0.456 e. The molecule has 0 N–H and O–H groups in total. The molecule has 0 saturated carbocycles. The number of fused-ring (bicyclic) bond motifs is 5. The molecule has 0 aliphatic carbocycles. The molecule has 45 heavy (non-hydrogen) atoms. The van der Waals surface area contributed by atoms with E-state index in [1.807, 2.05) is 72.8 Å². The molecule has 0 amide bonds. The van der Waals surface area contributed by atoms with Crippen molar-refractivity contribution in [3.8, 4) is 44.5 Å². The average Bonchev–Trinajstić information content (AvgIpc) is 3.59. The number of furan rings is 1. The fourth-order valence-electron chi connectivity index (χ4n) is 6.59. The first-order chi connectivity index (χ1) is 24.8. The van der Waals surface area contributed by atoms with Crippen LogP contribution in [0.1, 0.15) is 8.22 Å². The van der Waals surface area contributed by atoms with Crippen LogP contribution in [-0.4, -0.2) is 0 Å². The zero-order valence-electron chi connectivity index (χ0n) is 30.1. The Hall–Kier alpha value is -5.92. The fraction of sp³-hybridized carbons (Fsp3) is 0. The van der Waals surface area contributed by atoms with Gasteiger partial charge in [-0.1, -0.05) is 146 Å². The van der Waals surface area contributed by atoms with Gasteiger partial charge in [-0.05, 0) is 90.2 Å². The van der Waals surface area contributed by atoms with Gasteiger partial charge < -0.3 is 4.42 Å². The molecule has 0 aliphatic rings. The summed E-state index contributed by atoms with van der Waals surface area (Å²) < 4.78 is 59.9. The Balaban J connectivity index is 1.46. The Morgan fingerprint density at radius 1 is 0.378 bits per heavy atom. The highest BCUT2D eigenvalue weighted by atomic mass is 16.3. The highest BCUT2D eigenvalue weighted by molar-refractivity contribution is 6.23. The Morgan fingerprint density at radius 2 is 0.933 bits per heavy atom. The number of hydrogen-bond donors (Lipinski definition) is 0. The van der Waals surface area contributed by atoms with Gasteiger partial charge in [0.2, 0.25) is 0 Å². The molecule has 0 saturated heterocycles. The maximum absolute atomic E-state index is 9.84. The molecule has 8 aromatic carbocycles. The molecule has 9 rings (SSSR count). The van der Waals surface area contributed by atoms with Crippen LogP contribution in [0.4, 0.5) is 0 Å². The van der Waals surface area contributed by atoms with Crippen molar-refractivity contribution < 1.29 is 12.6 Å². The molecule has 1 heteroatoms. The second kappa shape index (κ2) is 10.4. The van der Waals surface area contributed by atoms with Crippen LogP contribution in [0, 0.1) is 0 Å². The summed E-state index contributed by atoms with van der Waals surface area (Å²) in [5.41, 5.74) is 6.86. The molecule has 0 radical (unpaired) electrons. The van der Waals surface area contributed by atoms with Gasteiger partial charge in [0, 0.05) is 10.8 Å². The first kappa shape index (κ1) is 20.1. The third-order valence-electron chi connectivity index (χ3n) is 8.58. The highest BCUT2D eigenvalue weighted by Crippen LogP contribution is 2.48. The molecule has 0 aliphatic heterocycles. The lowest BCUT2D eigenvalue weighted by Gasteiger charge is -2.20. The van der Waals surface area contributed by atoms with E-state index in [9.17, 15) is 2.74 Å². The van der Waals surface area contributed by atoms with E-state index in [1.165, 1.54) is 0 Å². The van der Waals surface area contributed by atoms with Gasteiger partial charge >= 0.3 is 0 Å². The van der Waals surface area contributed by atoms with Crippen LogP contribution in [0.3, 0.4) is 0 Å². The Morgan fingerprint density at radius 3 is 1.62 bits per heavy atom. The molecule has 1 nitrogen and oxygen atoms in total.